The smallest absolute Gasteiger partial charge is 0.240 e. The van der Waals surface area contributed by atoms with Gasteiger partial charge in [0.25, 0.3) is 0 Å². The standard InChI is InChI=1S/C7H14N2O2/c1-2-8-9-7(11)5-3-4-6-10/h2,10H,3-6H2,1H3,(H,9,11). The van der Waals surface area contributed by atoms with Gasteiger partial charge >= 0.3 is 0 Å². The molecule has 0 aromatic rings. The van der Waals surface area contributed by atoms with E-state index in [1.54, 1.807) is 6.92 Å². The molecular weight excluding hydrogens is 144 g/mol. The van der Waals surface area contributed by atoms with Crippen molar-refractivity contribution >= 4 is 12.1 Å². The zero-order chi connectivity index (χ0) is 8.53. The third-order valence-corrected chi connectivity index (χ3v) is 1.13. The van der Waals surface area contributed by atoms with E-state index in [0.29, 0.717) is 19.3 Å². The molecule has 0 bridgehead atoms. The van der Waals surface area contributed by atoms with E-state index < -0.39 is 0 Å². The second-order valence-corrected chi connectivity index (χ2v) is 2.10. The minimum atomic E-state index is -0.100. The molecule has 0 rings (SSSR count). The summed E-state index contributed by atoms with van der Waals surface area (Å²) >= 11 is 0. The highest BCUT2D eigenvalue weighted by molar-refractivity contribution is 5.76. The van der Waals surface area contributed by atoms with Crippen molar-refractivity contribution < 1.29 is 9.90 Å². The molecule has 0 fully saturated rings. The fraction of sp³-hybridized carbons (Fsp3) is 0.714. The summed E-state index contributed by atoms with van der Waals surface area (Å²) in [6.45, 7) is 1.87. The molecule has 64 valence electrons. The van der Waals surface area contributed by atoms with E-state index in [0.717, 1.165) is 0 Å². The van der Waals surface area contributed by atoms with Gasteiger partial charge in [0.1, 0.15) is 0 Å². The lowest BCUT2D eigenvalue weighted by atomic mass is 10.2. The molecule has 0 saturated heterocycles. The van der Waals surface area contributed by atoms with Gasteiger partial charge in [0.2, 0.25) is 5.91 Å². The summed E-state index contributed by atoms with van der Waals surface area (Å²) < 4.78 is 0. The predicted molar refractivity (Wildman–Crippen MR) is 43.2 cm³/mol. The van der Waals surface area contributed by atoms with Gasteiger partial charge in [-0.05, 0) is 19.8 Å². The molecule has 0 aromatic carbocycles. The Morgan fingerprint density at radius 1 is 1.64 bits per heavy atom. The average Bonchev–Trinajstić information content (AvgIpc) is 2.01. The van der Waals surface area contributed by atoms with Crippen molar-refractivity contribution in [1.29, 1.82) is 0 Å². The van der Waals surface area contributed by atoms with Crippen molar-refractivity contribution in [2.45, 2.75) is 26.2 Å². The molecule has 2 N–H and O–H groups in total. The van der Waals surface area contributed by atoms with E-state index in [2.05, 4.69) is 10.5 Å². The van der Waals surface area contributed by atoms with E-state index in [9.17, 15) is 4.79 Å². The number of rotatable bonds is 5. The van der Waals surface area contributed by atoms with E-state index in [1.807, 2.05) is 0 Å². The Balaban J connectivity index is 3.23. The predicted octanol–water partition coefficient (Wildman–Crippen LogP) is 0.271. The normalized spacial score (nSPS) is 10.4. The molecule has 0 aliphatic rings. The average molecular weight is 158 g/mol. The number of hydrogen-bond acceptors (Lipinski definition) is 3. The zero-order valence-corrected chi connectivity index (χ0v) is 6.71. The Labute approximate surface area is 66.3 Å². The minimum absolute atomic E-state index is 0.100. The van der Waals surface area contributed by atoms with E-state index >= 15 is 0 Å². The quantitative estimate of drug-likeness (QED) is 0.343. The van der Waals surface area contributed by atoms with Gasteiger partial charge in [0.05, 0.1) is 0 Å². The molecule has 11 heavy (non-hydrogen) atoms. The number of nitrogens with one attached hydrogen (secondary N) is 1. The van der Waals surface area contributed by atoms with Crippen LogP contribution in [0.1, 0.15) is 26.2 Å². The SMILES string of the molecule is CC=NNC(=O)CCCCO. The first-order valence-electron chi connectivity index (χ1n) is 3.68. The molecule has 4 nitrogen and oxygen atoms in total. The molecule has 0 unspecified atom stereocenters. The number of carbonyl (C=O) groups excluding carboxylic acids is 1. The van der Waals surface area contributed by atoms with Crippen molar-refractivity contribution in [2.24, 2.45) is 5.10 Å². The maximum Gasteiger partial charge on any atom is 0.240 e. The highest BCUT2D eigenvalue weighted by Crippen LogP contribution is 1.92. The Morgan fingerprint density at radius 2 is 2.36 bits per heavy atom. The summed E-state index contributed by atoms with van der Waals surface area (Å²) in [5.41, 5.74) is 2.34. The summed E-state index contributed by atoms with van der Waals surface area (Å²) in [5, 5.41) is 12.0. The van der Waals surface area contributed by atoms with Crippen LogP contribution in [0.25, 0.3) is 0 Å². The maximum absolute atomic E-state index is 10.8. The van der Waals surface area contributed by atoms with Crippen LogP contribution >= 0.6 is 0 Å². The highest BCUT2D eigenvalue weighted by Gasteiger charge is 1.96. The van der Waals surface area contributed by atoms with Crippen LogP contribution in [0.3, 0.4) is 0 Å². The number of aliphatic hydroxyl groups excluding tert-OH is 1. The first kappa shape index (κ1) is 10.1. The Hall–Kier alpha value is -0.900. The van der Waals surface area contributed by atoms with Crippen LogP contribution in [0.4, 0.5) is 0 Å². The number of amides is 1. The third-order valence-electron chi connectivity index (χ3n) is 1.13. The van der Waals surface area contributed by atoms with Gasteiger partial charge in [0.15, 0.2) is 0 Å². The molecule has 1 amide bonds. The van der Waals surface area contributed by atoms with Crippen LogP contribution < -0.4 is 5.43 Å². The molecular formula is C7H14N2O2. The van der Waals surface area contributed by atoms with Gasteiger partial charge in [-0.25, -0.2) is 5.43 Å². The summed E-state index contributed by atoms with van der Waals surface area (Å²) in [6.07, 6.45) is 3.33. The molecule has 0 aliphatic carbocycles. The molecule has 4 heteroatoms. The molecule has 0 spiro atoms. The van der Waals surface area contributed by atoms with Crippen LogP contribution in [0, 0.1) is 0 Å². The molecule has 0 heterocycles. The topological polar surface area (TPSA) is 61.7 Å². The van der Waals surface area contributed by atoms with E-state index in [1.165, 1.54) is 6.21 Å². The van der Waals surface area contributed by atoms with Crippen LogP contribution in [0.2, 0.25) is 0 Å². The lowest BCUT2D eigenvalue weighted by molar-refractivity contribution is -0.121. The fourth-order valence-corrected chi connectivity index (χ4v) is 0.590. The van der Waals surface area contributed by atoms with Crippen LogP contribution in [-0.4, -0.2) is 23.8 Å². The van der Waals surface area contributed by atoms with Crippen molar-refractivity contribution in [3.63, 3.8) is 0 Å². The Morgan fingerprint density at radius 3 is 2.91 bits per heavy atom. The first-order valence-corrected chi connectivity index (χ1v) is 3.68. The summed E-state index contributed by atoms with van der Waals surface area (Å²) in [6, 6.07) is 0. The molecule has 0 aliphatic heterocycles. The second kappa shape index (κ2) is 7.21. The largest absolute Gasteiger partial charge is 0.396 e. The number of carbonyl (C=O) groups is 1. The van der Waals surface area contributed by atoms with Crippen molar-refractivity contribution in [2.75, 3.05) is 6.61 Å². The number of hydrazone groups is 1. The monoisotopic (exact) mass is 158 g/mol. The maximum atomic E-state index is 10.8. The Kier molecular flexibility index (Phi) is 6.62. The molecule has 0 aromatic heterocycles. The van der Waals surface area contributed by atoms with Gasteiger partial charge in [-0.1, -0.05) is 0 Å². The molecule has 0 atom stereocenters. The number of nitrogens with zero attached hydrogens (tertiary/aromatic N) is 1. The van der Waals surface area contributed by atoms with Gasteiger partial charge in [-0.15, -0.1) is 0 Å². The first-order chi connectivity index (χ1) is 5.31. The zero-order valence-electron chi connectivity index (χ0n) is 6.71. The molecule has 0 radical (unpaired) electrons. The van der Waals surface area contributed by atoms with Gasteiger partial charge in [-0.3, -0.25) is 4.79 Å². The lowest BCUT2D eigenvalue weighted by Crippen LogP contribution is -2.16. The molecule has 0 saturated carbocycles. The minimum Gasteiger partial charge on any atom is -0.396 e. The van der Waals surface area contributed by atoms with Crippen molar-refractivity contribution in [1.82, 2.24) is 5.43 Å². The van der Waals surface area contributed by atoms with Crippen molar-refractivity contribution in [3.8, 4) is 0 Å². The summed E-state index contributed by atoms with van der Waals surface area (Å²) in [5.74, 6) is -0.100. The second-order valence-electron chi connectivity index (χ2n) is 2.10. The number of aliphatic hydroxyl groups is 1. The number of unbranched alkanes of at least 4 members (excludes halogenated alkanes) is 1. The lowest BCUT2D eigenvalue weighted by Gasteiger charge is -1.96. The highest BCUT2D eigenvalue weighted by atomic mass is 16.2. The van der Waals surface area contributed by atoms with Crippen LogP contribution in [0.15, 0.2) is 5.10 Å². The van der Waals surface area contributed by atoms with Crippen LogP contribution in [-0.2, 0) is 4.79 Å². The van der Waals surface area contributed by atoms with Crippen LogP contribution in [0.5, 0.6) is 0 Å². The Bertz CT molecular complexity index is 134. The van der Waals surface area contributed by atoms with Gasteiger partial charge in [0, 0.05) is 19.2 Å². The van der Waals surface area contributed by atoms with Gasteiger partial charge < -0.3 is 5.11 Å². The summed E-state index contributed by atoms with van der Waals surface area (Å²) in [4.78, 5) is 10.8. The van der Waals surface area contributed by atoms with E-state index in [4.69, 9.17) is 5.11 Å². The van der Waals surface area contributed by atoms with E-state index in [-0.39, 0.29) is 12.5 Å². The number of hydrogen-bond donors (Lipinski definition) is 2. The summed E-state index contributed by atoms with van der Waals surface area (Å²) in [7, 11) is 0. The third kappa shape index (κ3) is 6.99. The van der Waals surface area contributed by atoms with Crippen molar-refractivity contribution in [3.05, 3.63) is 0 Å². The van der Waals surface area contributed by atoms with Gasteiger partial charge in [-0.2, -0.15) is 5.10 Å². The fourth-order valence-electron chi connectivity index (χ4n) is 0.590.